The molecular weight excluding hydrogens is 318 g/mol. The summed E-state index contributed by atoms with van der Waals surface area (Å²) in [4.78, 5) is 20.6. The summed E-state index contributed by atoms with van der Waals surface area (Å²) in [6, 6.07) is 7.88. The van der Waals surface area contributed by atoms with Gasteiger partial charge in [-0.15, -0.1) is 11.3 Å². The number of pyridine rings is 1. The molecule has 0 unspecified atom stereocenters. The molecule has 3 rings (SSSR count). The summed E-state index contributed by atoms with van der Waals surface area (Å²) >= 11 is 1.45. The molecule has 0 saturated carbocycles. The second-order valence-electron chi connectivity index (χ2n) is 5.80. The normalized spacial score (nSPS) is 10.6. The number of amides is 1. The van der Waals surface area contributed by atoms with E-state index in [0.29, 0.717) is 11.6 Å². The van der Waals surface area contributed by atoms with Gasteiger partial charge < -0.3 is 5.32 Å². The van der Waals surface area contributed by atoms with E-state index in [9.17, 15) is 4.79 Å². The number of nitrogens with one attached hydrogen (secondary N) is 1. The maximum absolute atomic E-state index is 12.1. The van der Waals surface area contributed by atoms with Crippen LogP contribution in [0.5, 0.6) is 0 Å². The van der Waals surface area contributed by atoms with Crippen molar-refractivity contribution in [3.05, 3.63) is 64.3 Å². The van der Waals surface area contributed by atoms with Crippen LogP contribution in [0.3, 0.4) is 0 Å². The molecular formula is C19H19N3OS. The molecule has 2 aromatic heterocycles. The molecule has 0 saturated heterocycles. The van der Waals surface area contributed by atoms with Crippen LogP contribution in [0.4, 0.5) is 5.13 Å². The molecule has 0 fully saturated rings. The minimum Gasteiger partial charge on any atom is -0.302 e. The van der Waals surface area contributed by atoms with Crippen molar-refractivity contribution in [2.45, 2.75) is 27.2 Å². The van der Waals surface area contributed by atoms with E-state index in [2.05, 4.69) is 48.2 Å². The molecule has 3 aromatic rings. The van der Waals surface area contributed by atoms with Gasteiger partial charge in [0, 0.05) is 23.3 Å². The molecule has 1 amide bonds. The minimum atomic E-state index is -0.0705. The van der Waals surface area contributed by atoms with Crippen LogP contribution in [0.1, 0.15) is 22.3 Å². The monoisotopic (exact) mass is 337 g/mol. The van der Waals surface area contributed by atoms with Crippen LogP contribution in [0, 0.1) is 20.8 Å². The zero-order chi connectivity index (χ0) is 17.1. The van der Waals surface area contributed by atoms with E-state index >= 15 is 0 Å². The number of rotatable bonds is 4. The fourth-order valence-electron chi connectivity index (χ4n) is 2.54. The van der Waals surface area contributed by atoms with Crippen molar-refractivity contribution in [3.8, 4) is 11.3 Å². The Kier molecular flexibility index (Phi) is 4.71. The van der Waals surface area contributed by atoms with Gasteiger partial charge in [-0.05, 0) is 55.2 Å². The lowest BCUT2D eigenvalue weighted by molar-refractivity contribution is -0.115. The van der Waals surface area contributed by atoms with Crippen molar-refractivity contribution in [3.63, 3.8) is 0 Å². The molecule has 0 spiro atoms. The van der Waals surface area contributed by atoms with Crippen LogP contribution in [0.15, 0.2) is 42.0 Å². The number of anilines is 1. The molecule has 0 bridgehead atoms. The smallest absolute Gasteiger partial charge is 0.230 e. The van der Waals surface area contributed by atoms with Crippen molar-refractivity contribution in [1.82, 2.24) is 9.97 Å². The first-order valence-corrected chi connectivity index (χ1v) is 8.64. The average Bonchev–Trinajstić information content (AvgIpc) is 3.01. The highest BCUT2D eigenvalue weighted by Crippen LogP contribution is 2.30. The zero-order valence-corrected chi connectivity index (χ0v) is 14.8. The van der Waals surface area contributed by atoms with Gasteiger partial charge >= 0.3 is 0 Å². The van der Waals surface area contributed by atoms with Crippen LogP contribution >= 0.6 is 11.3 Å². The Morgan fingerprint density at radius 2 is 1.83 bits per heavy atom. The number of benzene rings is 1. The van der Waals surface area contributed by atoms with Crippen molar-refractivity contribution in [1.29, 1.82) is 0 Å². The van der Waals surface area contributed by atoms with E-state index in [1.54, 1.807) is 12.4 Å². The van der Waals surface area contributed by atoms with Gasteiger partial charge in [0.1, 0.15) is 0 Å². The zero-order valence-electron chi connectivity index (χ0n) is 14.0. The molecule has 2 heterocycles. The average molecular weight is 337 g/mol. The highest BCUT2D eigenvalue weighted by molar-refractivity contribution is 7.14. The molecule has 1 aromatic carbocycles. The second kappa shape index (κ2) is 6.93. The minimum absolute atomic E-state index is 0.0705. The van der Waals surface area contributed by atoms with Gasteiger partial charge in [0.05, 0.1) is 12.1 Å². The summed E-state index contributed by atoms with van der Waals surface area (Å²) in [5.74, 6) is -0.0705. The van der Waals surface area contributed by atoms with Gasteiger partial charge in [-0.2, -0.15) is 0 Å². The molecule has 0 radical (unpaired) electrons. The van der Waals surface area contributed by atoms with E-state index < -0.39 is 0 Å². The van der Waals surface area contributed by atoms with E-state index in [-0.39, 0.29) is 5.91 Å². The molecule has 122 valence electrons. The van der Waals surface area contributed by atoms with E-state index in [0.717, 1.165) is 16.8 Å². The third kappa shape index (κ3) is 3.51. The van der Waals surface area contributed by atoms with Gasteiger partial charge in [0.2, 0.25) is 5.91 Å². The summed E-state index contributed by atoms with van der Waals surface area (Å²) in [6.07, 6.45) is 3.69. The second-order valence-corrected chi connectivity index (χ2v) is 6.66. The fourth-order valence-corrected chi connectivity index (χ4v) is 3.26. The molecule has 5 heteroatoms. The predicted octanol–water partition coefficient (Wildman–Crippen LogP) is 4.31. The summed E-state index contributed by atoms with van der Waals surface area (Å²) < 4.78 is 0. The molecule has 0 aliphatic carbocycles. The van der Waals surface area contributed by atoms with Crippen molar-refractivity contribution < 1.29 is 4.79 Å². The first kappa shape index (κ1) is 16.3. The molecule has 0 atom stereocenters. The lowest BCUT2D eigenvalue weighted by atomic mass is 9.97. The Bertz CT molecular complexity index is 872. The van der Waals surface area contributed by atoms with E-state index in [4.69, 9.17) is 0 Å². The lowest BCUT2D eigenvalue weighted by Crippen LogP contribution is -2.14. The number of hydrogen-bond donors (Lipinski definition) is 1. The van der Waals surface area contributed by atoms with Crippen molar-refractivity contribution >= 4 is 22.4 Å². The SMILES string of the molecule is Cc1ccc(-c2csc(NC(=O)Cc3ccncc3)n2)c(C)c1C. The first-order valence-electron chi connectivity index (χ1n) is 7.76. The number of aryl methyl sites for hydroxylation is 1. The fraction of sp³-hybridized carbons (Fsp3) is 0.211. The molecule has 24 heavy (non-hydrogen) atoms. The topological polar surface area (TPSA) is 54.9 Å². The Morgan fingerprint density at radius 3 is 2.58 bits per heavy atom. The van der Waals surface area contributed by atoms with Crippen LogP contribution < -0.4 is 5.32 Å². The van der Waals surface area contributed by atoms with Gasteiger partial charge in [-0.25, -0.2) is 4.98 Å². The largest absolute Gasteiger partial charge is 0.302 e. The van der Waals surface area contributed by atoms with Gasteiger partial charge in [-0.1, -0.05) is 12.1 Å². The highest BCUT2D eigenvalue weighted by Gasteiger charge is 2.12. The van der Waals surface area contributed by atoms with Gasteiger partial charge in [-0.3, -0.25) is 9.78 Å². The predicted molar refractivity (Wildman–Crippen MR) is 98.3 cm³/mol. The number of hydrogen-bond acceptors (Lipinski definition) is 4. The molecule has 1 N–H and O–H groups in total. The summed E-state index contributed by atoms with van der Waals surface area (Å²) in [5, 5.41) is 5.49. The third-order valence-corrected chi connectivity index (χ3v) is 4.96. The number of carbonyl (C=O) groups excluding carboxylic acids is 1. The van der Waals surface area contributed by atoms with E-state index in [1.807, 2.05) is 17.5 Å². The summed E-state index contributed by atoms with van der Waals surface area (Å²) in [5.41, 5.74) is 6.74. The van der Waals surface area contributed by atoms with Gasteiger partial charge in [0.15, 0.2) is 5.13 Å². The standard InChI is InChI=1S/C19H19N3OS/c1-12-4-5-16(14(3)13(12)2)17-11-24-19(21-17)22-18(23)10-15-6-8-20-9-7-15/h4-9,11H,10H2,1-3H3,(H,21,22,23). The molecule has 0 aliphatic rings. The number of nitrogens with zero attached hydrogens (tertiary/aromatic N) is 2. The first-order chi connectivity index (χ1) is 11.5. The Labute approximate surface area is 145 Å². The van der Waals surface area contributed by atoms with Gasteiger partial charge in [0.25, 0.3) is 0 Å². The summed E-state index contributed by atoms with van der Waals surface area (Å²) in [7, 11) is 0. The lowest BCUT2D eigenvalue weighted by Gasteiger charge is -2.09. The number of thiazole rings is 1. The number of aromatic nitrogens is 2. The maximum atomic E-state index is 12.1. The Morgan fingerprint density at radius 1 is 1.08 bits per heavy atom. The van der Waals surface area contributed by atoms with Crippen LogP contribution in [0.25, 0.3) is 11.3 Å². The van der Waals surface area contributed by atoms with Crippen LogP contribution in [-0.4, -0.2) is 15.9 Å². The Hall–Kier alpha value is -2.53. The molecule has 0 aliphatic heterocycles. The molecule has 4 nitrogen and oxygen atoms in total. The van der Waals surface area contributed by atoms with Crippen molar-refractivity contribution in [2.24, 2.45) is 0 Å². The number of carbonyl (C=O) groups is 1. The van der Waals surface area contributed by atoms with Crippen LogP contribution in [-0.2, 0) is 11.2 Å². The summed E-state index contributed by atoms with van der Waals surface area (Å²) in [6.45, 7) is 6.34. The maximum Gasteiger partial charge on any atom is 0.230 e. The van der Waals surface area contributed by atoms with Crippen molar-refractivity contribution in [2.75, 3.05) is 5.32 Å². The quantitative estimate of drug-likeness (QED) is 0.772. The van der Waals surface area contributed by atoms with Crippen LogP contribution in [0.2, 0.25) is 0 Å². The highest BCUT2D eigenvalue weighted by atomic mass is 32.1. The third-order valence-electron chi connectivity index (χ3n) is 4.20. The van der Waals surface area contributed by atoms with E-state index in [1.165, 1.54) is 28.0 Å². The Balaban J connectivity index is 1.74.